The number of hydrogen-bond acceptors (Lipinski definition) is 2. The highest BCUT2D eigenvalue weighted by Gasteiger charge is 2.20. The first kappa shape index (κ1) is 11.9. The molecule has 0 aromatic heterocycles. The number of nitrogens with two attached hydrogens (primary N) is 1. The van der Waals surface area contributed by atoms with Gasteiger partial charge in [0.15, 0.2) is 0 Å². The molecule has 0 unspecified atom stereocenters. The van der Waals surface area contributed by atoms with Gasteiger partial charge in [-0.15, -0.1) is 0 Å². The molecule has 0 atom stereocenters. The molecule has 0 aromatic rings. The fraction of sp³-hybridized carbons (Fsp3) is 1.00. The van der Waals surface area contributed by atoms with Crippen LogP contribution in [0.25, 0.3) is 0 Å². The van der Waals surface area contributed by atoms with Crippen LogP contribution in [0.3, 0.4) is 0 Å². The second kappa shape index (κ2) is 4.24. The van der Waals surface area contributed by atoms with E-state index in [1.807, 2.05) is 0 Å². The maximum absolute atomic E-state index is 5.61. The third-order valence-electron chi connectivity index (χ3n) is 2.51. The summed E-state index contributed by atoms with van der Waals surface area (Å²) in [6.07, 6.45) is 1.20. The molecular formula is C10H24N2. The van der Waals surface area contributed by atoms with E-state index in [1.54, 1.807) is 0 Å². The lowest BCUT2D eigenvalue weighted by Gasteiger charge is -2.31. The van der Waals surface area contributed by atoms with E-state index < -0.39 is 0 Å². The summed E-state index contributed by atoms with van der Waals surface area (Å²) in [7, 11) is 0. The summed E-state index contributed by atoms with van der Waals surface area (Å²) in [6.45, 7) is 12.8. The molecule has 2 nitrogen and oxygen atoms in total. The summed E-state index contributed by atoms with van der Waals surface area (Å²) in [5, 5.41) is 3.47. The third kappa shape index (κ3) is 4.73. The molecule has 2 heteroatoms. The Bertz CT molecular complexity index is 112. The number of rotatable bonds is 5. The van der Waals surface area contributed by atoms with Crippen LogP contribution in [0.15, 0.2) is 0 Å². The molecule has 0 heterocycles. The Balaban J connectivity index is 3.82. The average Bonchev–Trinajstić information content (AvgIpc) is 2.02. The molecule has 0 amide bonds. The Morgan fingerprint density at radius 2 is 1.67 bits per heavy atom. The van der Waals surface area contributed by atoms with E-state index in [1.165, 1.54) is 6.42 Å². The fourth-order valence-electron chi connectivity index (χ4n) is 0.676. The largest absolute Gasteiger partial charge is 0.329 e. The standard InChI is InChI=1S/C10H24N2/c1-6-9(2,3)8-12-10(4,5)7-11/h12H,6-8,11H2,1-5H3. The van der Waals surface area contributed by atoms with Crippen LogP contribution in [-0.4, -0.2) is 18.6 Å². The highest BCUT2D eigenvalue weighted by atomic mass is 15.0. The maximum Gasteiger partial charge on any atom is 0.0247 e. The summed E-state index contributed by atoms with van der Waals surface area (Å²) in [5.74, 6) is 0. The second-order valence-electron chi connectivity index (χ2n) is 4.96. The molecule has 0 aliphatic carbocycles. The Morgan fingerprint density at radius 1 is 1.17 bits per heavy atom. The van der Waals surface area contributed by atoms with Crippen molar-refractivity contribution >= 4 is 0 Å². The van der Waals surface area contributed by atoms with Crippen LogP contribution >= 0.6 is 0 Å². The van der Waals surface area contributed by atoms with Crippen molar-refractivity contribution in [3.8, 4) is 0 Å². The molecule has 0 bridgehead atoms. The Morgan fingerprint density at radius 3 is 2.00 bits per heavy atom. The summed E-state index contributed by atoms with van der Waals surface area (Å²) in [5.41, 5.74) is 6.07. The Hall–Kier alpha value is -0.0800. The van der Waals surface area contributed by atoms with Crippen molar-refractivity contribution in [3.63, 3.8) is 0 Å². The molecule has 3 N–H and O–H groups in total. The van der Waals surface area contributed by atoms with Gasteiger partial charge in [0.25, 0.3) is 0 Å². The molecule has 12 heavy (non-hydrogen) atoms. The van der Waals surface area contributed by atoms with Crippen molar-refractivity contribution in [1.82, 2.24) is 5.32 Å². The molecule has 74 valence electrons. The Labute approximate surface area is 76.9 Å². The molecule has 0 aliphatic rings. The first-order valence-electron chi connectivity index (χ1n) is 4.78. The third-order valence-corrected chi connectivity index (χ3v) is 2.51. The average molecular weight is 172 g/mol. The predicted molar refractivity (Wildman–Crippen MR) is 55.2 cm³/mol. The SMILES string of the molecule is CCC(C)(C)CNC(C)(C)CN. The molecule has 0 aromatic carbocycles. The van der Waals surface area contributed by atoms with Gasteiger partial charge in [-0.25, -0.2) is 0 Å². The topological polar surface area (TPSA) is 38.0 Å². The van der Waals surface area contributed by atoms with E-state index in [-0.39, 0.29) is 5.54 Å². The van der Waals surface area contributed by atoms with Crippen molar-refractivity contribution in [2.45, 2.75) is 46.6 Å². The lowest BCUT2D eigenvalue weighted by Crippen LogP contribution is -2.49. The van der Waals surface area contributed by atoms with E-state index in [9.17, 15) is 0 Å². The van der Waals surface area contributed by atoms with Gasteiger partial charge >= 0.3 is 0 Å². The van der Waals surface area contributed by atoms with E-state index >= 15 is 0 Å². The smallest absolute Gasteiger partial charge is 0.0247 e. The zero-order valence-corrected chi connectivity index (χ0v) is 9.20. The fourth-order valence-corrected chi connectivity index (χ4v) is 0.676. The summed E-state index contributed by atoms with van der Waals surface area (Å²) in [6, 6.07) is 0. The molecule has 0 saturated heterocycles. The van der Waals surface area contributed by atoms with Gasteiger partial charge in [0.05, 0.1) is 0 Å². The first-order valence-corrected chi connectivity index (χ1v) is 4.78. The normalized spacial score (nSPS) is 13.5. The van der Waals surface area contributed by atoms with E-state index in [0.717, 1.165) is 6.54 Å². The number of hydrogen-bond donors (Lipinski definition) is 2. The van der Waals surface area contributed by atoms with Gasteiger partial charge in [0.1, 0.15) is 0 Å². The van der Waals surface area contributed by atoms with Gasteiger partial charge in [-0.05, 0) is 25.7 Å². The van der Waals surface area contributed by atoms with E-state index in [4.69, 9.17) is 5.73 Å². The van der Waals surface area contributed by atoms with Crippen LogP contribution in [0.2, 0.25) is 0 Å². The lowest BCUT2D eigenvalue weighted by atomic mass is 9.89. The van der Waals surface area contributed by atoms with Gasteiger partial charge in [0.2, 0.25) is 0 Å². The number of nitrogens with one attached hydrogen (secondary N) is 1. The van der Waals surface area contributed by atoms with Crippen molar-refractivity contribution in [2.24, 2.45) is 11.1 Å². The highest BCUT2D eigenvalue weighted by molar-refractivity contribution is 4.81. The molecule has 0 spiro atoms. The van der Waals surface area contributed by atoms with Crippen LogP contribution in [0.1, 0.15) is 41.0 Å². The minimum Gasteiger partial charge on any atom is -0.329 e. The summed E-state index contributed by atoms with van der Waals surface area (Å²) in [4.78, 5) is 0. The summed E-state index contributed by atoms with van der Waals surface area (Å²) >= 11 is 0. The van der Waals surface area contributed by atoms with Crippen LogP contribution in [0, 0.1) is 5.41 Å². The Kier molecular flexibility index (Phi) is 4.21. The van der Waals surface area contributed by atoms with E-state index in [2.05, 4.69) is 39.9 Å². The second-order valence-corrected chi connectivity index (χ2v) is 4.96. The predicted octanol–water partition coefficient (Wildman–Crippen LogP) is 1.75. The van der Waals surface area contributed by atoms with Crippen LogP contribution in [0.4, 0.5) is 0 Å². The monoisotopic (exact) mass is 172 g/mol. The van der Waals surface area contributed by atoms with Gasteiger partial charge < -0.3 is 11.1 Å². The molecule has 0 radical (unpaired) electrons. The zero-order valence-electron chi connectivity index (χ0n) is 9.20. The van der Waals surface area contributed by atoms with Crippen molar-refractivity contribution < 1.29 is 0 Å². The van der Waals surface area contributed by atoms with Crippen LogP contribution in [0.5, 0.6) is 0 Å². The molecule has 0 fully saturated rings. The molecule has 0 rings (SSSR count). The molecular weight excluding hydrogens is 148 g/mol. The quantitative estimate of drug-likeness (QED) is 0.663. The van der Waals surface area contributed by atoms with Crippen molar-refractivity contribution in [1.29, 1.82) is 0 Å². The van der Waals surface area contributed by atoms with Crippen molar-refractivity contribution in [2.75, 3.05) is 13.1 Å². The van der Waals surface area contributed by atoms with Crippen LogP contribution < -0.4 is 11.1 Å². The zero-order chi connectivity index (χ0) is 9.83. The highest BCUT2D eigenvalue weighted by Crippen LogP contribution is 2.18. The first-order chi connectivity index (χ1) is 5.33. The van der Waals surface area contributed by atoms with Gasteiger partial charge in [-0.3, -0.25) is 0 Å². The minimum atomic E-state index is 0.0758. The lowest BCUT2D eigenvalue weighted by molar-refractivity contribution is 0.275. The van der Waals surface area contributed by atoms with Crippen LogP contribution in [-0.2, 0) is 0 Å². The summed E-state index contributed by atoms with van der Waals surface area (Å²) < 4.78 is 0. The molecule has 0 saturated carbocycles. The maximum atomic E-state index is 5.61. The van der Waals surface area contributed by atoms with Gasteiger partial charge in [0, 0.05) is 18.6 Å². The van der Waals surface area contributed by atoms with Gasteiger partial charge in [-0.2, -0.15) is 0 Å². The van der Waals surface area contributed by atoms with Gasteiger partial charge in [-0.1, -0.05) is 20.8 Å². The van der Waals surface area contributed by atoms with Crippen molar-refractivity contribution in [3.05, 3.63) is 0 Å². The van der Waals surface area contributed by atoms with E-state index in [0.29, 0.717) is 12.0 Å². The molecule has 0 aliphatic heterocycles. The minimum absolute atomic E-state index is 0.0758.